The summed E-state index contributed by atoms with van der Waals surface area (Å²) in [5, 5.41) is 8.68. The average molecular weight is 309 g/mol. The zero-order chi connectivity index (χ0) is 15.1. The van der Waals surface area contributed by atoms with Gasteiger partial charge in [0.2, 0.25) is 0 Å². The molecule has 0 spiro atoms. The second kappa shape index (κ2) is 7.43. The van der Waals surface area contributed by atoms with E-state index in [1.807, 2.05) is 6.07 Å². The Morgan fingerprint density at radius 2 is 2.10 bits per heavy atom. The molecule has 21 heavy (non-hydrogen) atoms. The van der Waals surface area contributed by atoms with E-state index in [4.69, 9.17) is 14.7 Å². The van der Waals surface area contributed by atoms with Crippen LogP contribution in [0.1, 0.15) is 24.8 Å². The van der Waals surface area contributed by atoms with Crippen molar-refractivity contribution < 1.29 is 17.9 Å². The molecule has 0 aliphatic carbocycles. The van der Waals surface area contributed by atoms with Crippen LogP contribution >= 0.6 is 0 Å². The maximum absolute atomic E-state index is 11.9. The molecule has 5 nitrogen and oxygen atoms in total. The first-order valence-electron chi connectivity index (χ1n) is 7.04. The average Bonchev–Trinajstić information content (AvgIpc) is 2.96. The van der Waals surface area contributed by atoms with Crippen molar-refractivity contribution >= 4 is 9.84 Å². The molecule has 114 valence electrons. The van der Waals surface area contributed by atoms with E-state index in [1.165, 1.54) is 0 Å². The molecular weight excluding hydrogens is 290 g/mol. The molecule has 1 saturated heterocycles. The number of sulfone groups is 1. The van der Waals surface area contributed by atoms with Gasteiger partial charge in [-0.05, 0) is 43.5 Å². The van der Waals surface area contributed by atoms with Crippen LogP contribution in [0.5, 0.6) is 5.75 Å². The Labute approximate surface area is 125 Å². The summed E-state index contributed by atoms with van der Waals surface area (Å²) < 4.78 is 34.6. The van der Waals surface area contributed by atoms with E-state index >= 15 is 0 Å². The highest BCUT2D eigenvalue weighted by Crippen LogP contribution is 2.15. The summed E-state index contributed by atoms with van der Waals surface area (Å²) in [5.74, 6) is 0.873. The molecule has 1 aromatic rings. The molecule has 0 radical (unpaired) electrons. The van der Waals surface area contributed by atoms with Gasteiger partial charge in [0, 0.05) is 6.61 Å². The molecule has 0 N–H and O–H groups in total. The molecule has 2 rings (SSSR count). The second-order valence-corrected chi connectivity index (χ2v) is 7.32. The van der Waals surface area contributed by atoms with Crippen LogP contribution < -0.4 is 4.74 Å². The van der Waals surface area contributed by atoms with Gasteiger partial charge in [0.1, 0.15) is 5.75 Å². The molecule has 1 heterocycles. The third-order valence-corrected chi connectivity index (χ3v) is 5.11. The Hall–Kier alpha value is -1.58. The van der Waals surface area contributed by atoms with Crippen LogP contribution in [0.15, 0.2) is 24.3 Å². The van der Waals surface area contributed by atoms with E-state index < -0.39 is 9.84 Å². The number of hydrogen-bond acceptors (Lipinski definition) is 5. The normalized spacial score (nSPS) is 18.3. The van der Waals surface area contributed by atoms with Gasteiger partial charge in [-0.1, -0.05) is 0 Å². The van der Waals surface area contributed by atoms with Crippen molar-refractivity contribution in [2.75, 3.05) is 24.7 Å². The molecule has 0 amide bonds. The molecule has 1 aliphatic heterocycles. The van der Waals surface area contributed by atoms with Crippen LogP contribution in [-0.2, 0) is 14.6 Å². The molecule has 0 saturated carbocycles. The summed E-state index contributed by atoms with van der Waals surface area (Å²) in [6.07, 6.45) is 2.10. The second-order valence-electron chi connectivity index (χ2n) is 5.09. The first kappa shape index (κ1) is 15.8. The Bertz CT molecular complexity index is 583. The predicted octanol–water partition coefficient (Wildman–Crippen LogP) is 1.92. The molecule has 6 heteroatoms. The Morgan fingerprint density at radius 3 is 2.71 bits per heavy atom. The number of nitrogens with zero attached hydrogens (tertiary/aromatic N) is 1. The number of hydrogen-bond donors (Lipinski definition) is 0. The minimum atomic E-state index is -3.08. The van der Waals surface area contributed by atoms with Crippen molar-refractivity contribution in [1.29, 1.82) is 5.26 Å². The fourth-order valence-corrected chi connectivity index (χ4v) is 3.79. The summed E-state index contributed by atoms with van der Waals surface area (Å²) in [6.45, 7) is 1.01. The fraction of sp³-hybridized carbons (Fsp3) is 0.533. The molecular formula is C15H19NO4S. The lowest BCUT2D eigenvalue weighted by molar-refractivity contribution is 0.127. The van der Waals surface area contributed by atoms with Gasteiger partial charge >= 0.3 is 0 Å². The van der Waals surface area contributed by atoms with E-state index in [0.717, 1.165) is 12.8 Å². The topological polar surface area (TPSA) is 76.4 Å². The van der Waals surface area contributed by atoms with Crippen molar-refractivity contribution in [1.82, 2.24) is 0 Å². The van der Waals surface area contributed by atoms with Crippen LogP contribution in [0.25, 0.3) is 0 Å². The van der Waals surface area contributed by atoms with Crippen LogP contribution in [0.4, 0.5) is 0 Å². The Balaban J connectivity index is 1.69. The Kier molecular flexibility index (Phi) is 5.59. The lowest BCUT2D eigenvalue weighted by Gasteiger charge is -2.10. The highest BCUT2D eigenvalue weighted by molar-refractivity contribution is 7.91. The first-order valence-corrected chi connectivity index (χ1v) is 8.86. The van der Waals surface area contributed by atoms with E-state index in [1.54, 1.807) is 24.3 Å². The van der Waals surface area contributed by atoms with Crippen molar-refractivity contribution in [3.63, 3.8) is 0 Å². The Morgan fingerprint density at radius 1 is 1.33 bits per heavy atom. The van der Waals surface area contributed by atoms with Gasteiger partial charge in [-0.25, -0.2) is 8.42 Å². The summed E-state index contributed by atoms with van der Waals surface area (Å²) in [6, 6.07) is 8.78. The highest BCUT2D eigenvalue weighted by atomic mass is 32.2. The molecule has 1 atom stereocenters. The monoisotopic (exact) mass is 309 g/mol. The smallest absolute Gasteiger partial charge is 0.152 e. The predicted molar refractivity (Wildman–Crippen MR) is 78.9 cm³/mol. The van der Waals surface area contributed by atoms with E-state index in [2.05, 4.69) is 0 Å². The van der Waals surface area contributed by atoms with Gasteiger partial charge in [0.25, 0.3) is 0 Å². The maximum atomic E-state index is 11.9. The third kappa shape index (κ3) is 5.37. The van der Waals surface area contributed by atoms with Crippen molar-refractivity contribution in [3.8, 4) is 11.8 Å². The quantitative estimate of drug-likeness (QED) is 0.719. The van der Waals surface area contributed by atoms with Crippen molar-refractivity contribution in [2.24, 2.45) is 0 Å². The lowest BCUT2D eigenvalue weighted by Crippen LogP contribution is -2.23. The summed E-state index contributed by atoms with van der Waals surface area (Å²) >= 11 is 0. The van der Waals surface area contributed by atoms with Gasteiger partial charge in [-0.2, -0.15) is 5.26 Å². The summed E-state index contributed by atoms with van der Waals surface area (Å²) in [7, 11) is -3.08. The van der Waals surface area contributed by atoms with Crippen molar-refractivity contribution in [3.05, 3.63) is 29.8 Å². The first-order chi connectivity index (χ1) is 10.1. The number of ether oxygens (including phenoxy) is 2. The van der Waals surface area contributed by atoms with Gasteiger partial charge in [-0.3, -0.25) is 0 Å². The minimum absolute atomic E-state index is 0.114. The van der Waals surface area contributed by atoms with Crippen LogP contribution in [-0.4, -0.2) is 39.2 Å². The highest BCUT2D eigenvalue weighted by Gasteiger charge is 2.22. The zero-order valence-corrected chi connectivity index (χ0v) is 12.6. The number of rotatable bonds is 7. The minimum Gasteiger partial charge on any atom is -0.494 e. The fourth-order valence-electron chi connectivity index (χ4n) is 2.24. The summed E-state index contributed by atoms with van der Waals surface area (Å²) in [5.41, 5.74) is 0.571. The molecule has 1 aliphatic rings. The third-order valence-electron chi connectivity index (χ3n) is 3.32. The number of nitriles is 1. The molecule has 1 fully saturated rings. The van der Waals surface area contributed by atoms with Crippen LogP contribution in [0.3, 0.4) is 0 Å². The molecule has 1 aromatic carbocycles. The lowest BCUT2D eigenvalue weighted by atomic mass is 10.2. The van der Waals surface area contributed by atoms with E-state index in [0.29, 0.717) is 30.9 Å². The van der Waals surface area contributed by atoms with Crippen LogP contribution in [0, 0.1) is 11.3 Å². The molecule has 0 bridgehead atoms. The maximum Gasteiger partial charge on any atom is 0.152 e. The number of benzene rings is 1. The zero-order valence-electron chi connectivity index (χ0n) is 11.8. The van der Waals surface area contributed by atoms with Crippen LogP contribution in [0.2, 0.25) is 0 Å². The SMILES string of the molecule is N#Cc1ccc(OCCCS(=O)(=O)CC2CCCO2)cc1. The summed E-state index contributed by atoms with van der Waals surface area (Å²) in [4.78, 5) is 0. The molecule has 1 unspecified atom stereocenters. The van der Waals surface area contributed by atoms with E-state index in [9.17, 15) is 8.42 Å². The largest absolute Gasteiger partial charge is 0.494 e. The van der Waals surface area contributed by atoms with Crippen molar-refractivity contribution in [2.45, 2.75) is 25.4 Å². The van der Waals surface area contributed by atoms with Gasteiger partial charge < -0.3 is 9.47 Å². The van der Waals surface area contributed by atoms with Gasteiger partial charge in [-0.15, -0.1) is 0 Å². The molecule has 0 aromatic heterocycles. The van der Waals surface area contributed by atoms with E-state index in [-0.39, 0.29) is 17.6 Å². The standard InChI is InChI=1S/C15H19NO4S/c16-11-13-4-6-14(7-5-13)19-9-2-10-21(17,18)12-15-3-1-8-20-15/h4-7,15H,1-3,8-10,12H2. The van der Waals surface area contributed by atoms with Gasteiger partial charge in [0.15, 0.2) is 9.84 Å². The van der Waals surface area contributed by atoms with Gasteiger partial charge in [0.05, 0.1) is 35.8 Å².